The molecule has 0 saturated carbocycles. The van der Waals surface area contributed by atoms with E-state index in [1.54, 1.807) is 0 Å². The average Bonchev–Trinajstić information content (AvgIpc) is 2.51. The van der Waals surface area contributed by atoms with Gasteiger partial charge in [0.1, 0.15) is 5.75 Å². The third-order valence-electron chi connectivity index (χ3n) is 4.38. The zero-order valence-electron chi connectivity index (χ0n) is 14.6. The van der Waals surface area contributed by atoms with Crippen LogP contribution in [0.1, 0.15) is 64.9 Å². The van der Waals surface area contributed by atoms with Crippen molar-refractivity contribution in [3.8, 4) is 5.75 Å². The van der Waals surface area contributed by atoms with Crippen LogP contribution in [0, 0.1) is 6.92 Å². The normalized spacial score (nSPS) is 11.6. The van der Waals surface area contributed by atoms with Gasteiger partial charge in [-0.3, -0.25) is 0 Å². The molecule has 0 unspecified atom stereocenters. The molecule has 0 amide bonds. The Bertz CT molecular complexity index is 367. The number of hydrogen-bond donors (Lipinski definition) is 0. The zero-order valence-corrected chi connectivity index (χ0v) is 15.6. The maximum Gasteiger partial charge on any atom is 0.251 e. The largest absolute Gasteiger partial charge is 0.543 e. The van der Waals surface area contributed by atoms with E-state index in [0.29, 0.717) is 0 Å². The van der Waals surface area contributed by atoms with Crippen molar-refractivity contribution in [1.82, 2.24) is 0 Å². The van der Waals surface area contributed by atoms with Crippen LogP contribution in [0.4, 0.5) is 0 Å². The first-order valence-corrected chi connectivity index (χ1v) is 11.4. The lowest BCUT2D eigenvalue weighted by atomic mass is 10.2. The van der Waals surface area contributed by atoms with Gasteiger partial charge in [-0.15, -0.1) is 0 Å². The second-order valence-electron chi connectivity index (χ2n) is 6.36. The number of aryl methyl sites for hydroxylation is 1. The first kappa shape index (κ1) is 18.3. The van der Waals surface area contributed by atoms with Crippen molar-refractivity contribution in [3.05, 3.63) is 29.8 Å². The molecule has 0 aliphatic carbocycles. The van der Waals surface area contributed by atoms with E-state index in [4.69, 9.17) is 4.43 Å². The highest BCUT2D eigenvalue weighted by atomic mass is 28.4. The maximum atomic E-state index is 6.78. The van der Waals surface area contributed by atoms with Gasteiger partial charge in [0, 0.05) is 0 Å². The molecule has 1 aromatic carbocycles. The molecule has 0 aliphatic heterocycles. The summed E-state index contributed by atoms with van der Waals surface area (Å²) in [6.07, 6.45) is 7.82. The van der Waals surface area contributed by atoms with Gasteiger partial charge < -0.3 is 4.43 Å². The van der Waals surface area contributed by atoms with Gasteiger partial charge in [0.05, 0.1) is 0 Å². The lowest BCUT2D eigenvalue weighted by Crippen LogP contribution is -2.41. The summed E-state index contributed by atoms with van der Waals surface area (Å²) in [5.74, 6) is 1.15. The highest BCUT2D eigenvalue weighted by Gasteiger charge is 2.35. The van der Waals surface area contributed by atoms with Crippen molar-refractivity contribution in [3.63, 3.8) is 0 Å². The van der Waals surface area contributed by atoms with Crippen LogP contribution in [-0.2, 0) is 0 Å². The van der Waals surface area contributed by atoms with Crippen LogP contribution in [0.5, 0.6) is 5.75 Å². The monoisotopic (exact) mass is 306 g/mol. The van der Waals surface area contributed by atoms with Crippen LogP contribution in [0.2, 0.25) is 18.1 Å². The van der Waals surface area contributed by atoms with Crippen LogP contribution < -0.4 is 4.43 Å². The van der Waals surface area contributed by atoms with Crippen LogP contribution in [0.3, 0.4) is 0 Å². The lowest BCUT2D eigenvalue weighted by Gasteiger charge is -2.33. The number of unbranched alkanes of at least 4 members (excludes halogenated alkanes) is 3. The van der Waals surface area contributed by atoms with E-state index in [0.717, 1.165) is 5.75 Å². The zero-order chi connectivity index (χ0) is 15.6. The van der Waals surface area contributed by atoms with Gasteiger partial charge in [-0.25, -0.2) is 0 Å². The fraction of sp³-hybridized carbons (Fsp3) is 0.684. The van der Waals surface area contributed by atoms with Crippen LogP contribution in [0.25, 0.3) is 0 Å². The third-order valence-corrected chi connectivity index (χ3v) is 8.83. The van der Waals surface area contributed by atoms with Crippen molar-refractivity contribution >= 4 is 8.32 Å². The van der Waals surface area contributed by atoms with E-state index in [9.17, 15) is 0 Å². The van der Waals surface area contributed by atoms with Crippen molar-refractivity contribution in [2.24, 2.45) is 0 Å². The second kappa shape index (κ2) is 10.0. The topological polar surface area (TPSA) is 9.23 Å². The van der Waals surface area contributed by atoms with Gasteiger partial charge in [-0.2, -0.15) is 0 Å². The Balaban J connectivity index is 2.92. The molecular weight excluding hydrogens is 272 g/mol. The molecule has 1 nitrogen and oxygen atoms in total. The van der Waals surface area contributed by atoms with Gasteiger partial charge in [0.2, 0.25) is 0 Å². The molecule has 0 bridgehead atoms. The maximum absolute atomic E-state index is 6.78. The number of rotatable bonds is 11. The van der Waals surface area contributed by atoms with Gasteiger partial charge in [0.25, 0.3) is 8.32 Å². The SMILES string of the molecule is CCCC[Si](CCCC)(CCCC)Oc1ccccc1C. The van der Waals surface area contributed by atoms with Crippen molar-refractivity contribution in [2.75, 3.05) is 0 Å². The molecule has 21 heavy (non-hydrogen) atoms. The fourth-order valence-electron chi connectivity index (χ4n) is 2.93. The summed E-state index contributed by atoms with van der Waals surface area (Å²) >= 11 is 0. The van der Waals surface area contributed by atoms with Gasteiger partial charge in [-0.1, -0.05) is 77.5 Å². The summed E-state index contributed by atoms with van der Waals surface area (Å²) in [4.78, 5) is 0. The molecule has 1 aromatic rings. The minimum atomic E-state index is -1.63. The predicted molar refractivity (Wildman–Crippen MR) is 96.7 cm³/mol. The average molecular weight is 307 g/mol. The van der Waals surface area contributed by atoms with E-state index in [2.05, 4.69) is 52.0 Å². The Morgan fingerprint density at radius 3 is 1.71 bits per heavy atom. The standard InChI is InChI=1S/C19H34OSi/c1-5-8-15-21(16-9-6-2,17-10-7-3)20-19-14-12-11-13-18(19)4/h11-14H,5-10,15-17H2,1-4H3. The van der Waals surface area contributed by atoms with E-state index in [1.165, 1.54) is 62.2 Å². The summed E-state index contributed by atoms with van der Waals surface area (Å²) in [6.45, 7) is 9.07. The van der Waals surface area contributed by atoms with Crippen LogP contribution in [-0.4, -0.2) is 8.32 Å². The quantitative estimate of drug-likeness (QED) is 0.412. The highest BCUT2D eigenvalue weighted by Crippen LogP contribution is 2.32. The van der Waals surface area contributed by atoms with E-state index >= 15 is 0 Å². The molecule has 0 atom stereocenters. The summed E-state index contributed by atoms with van der Waals surface area (Å²) in [6, 6.07) is 12.6. The Morgan fingerprint density at radius 2 is 1.29 bits per heavy atom. The van der Waals surface area contributed by atoms with E-state index in [1.807, 2.05) is 0 Å². The van der Waals surface area contributed by atoms with Crippen LogP contribution in [0.15, 0.2) is 24.3 Å². The molecule has 0 aliphatic rings. The lowest BCUT2D eigenvalue weighted by molar-refractivity contribution is 0.507. The molecule has 0 saturated heterocycles. The van der Waals surface area contributed by atoms with Crippen molar-refractivity contribution in [2.45, 2.75) is 84.4 Å². The minimum absolute atomic E-state index is 1.15. The molecule has 1 rings (SSSR count). The van der Waals surface area contributed by atoms with E-state index < -0.39 is 8.32 Å². The molecule has 120 valence electrons. The fourth-order valence-corrected chi connectivity index (χ4v) is 7.67. The first-order chi connectivity index (χ1) is 10.2. The van der Waals surface area contributed by atoms with Gasteiger partial charge >= 0.3 is 0 Å². The predicted octanol–water partition coefficient (Wildman–Crippen LogP) is 6.72. The Kier molecular flexibility index (Phi) is 8.75. The summed E-state index contributed by atoms with van der Waals surface area (Å²) < 4.78 is 6.78. The minimum Gasteiger partial charge on any atom is -0.543 e. The Labute approximate surface area is 133 Å². The van der Waals surface area contributed by atoms with Gasteiger partial charge in [-0.05, 0) is 36.7 Å². The molecule has 0 fully saturated rings. The molecule has 0 aromatic heterocycles. The highest BCUT2D eigenvalue weighted by molar-refractivity contribution is 6.74. The number of para-hydroxylation sites is 1. The number of benzene rings is 1. The van der Waals surface area contributed by atoms with Crippen molar-refractivity contribution in [1.29, 1.82) is 0 Å². The smallest absolute Gasteiger partial charge is 0.251 e. The van der Waals surface area contributed by atoms with Gasteiger partial charge in [0.15, 0.2) is 0 Å². The Hall–Kier alpha value is -0.763. The third kappa shape index (κ3) is 6.25. The molecule has 0 radical (unpaired) electrons. The summed E-state index contributed by atoms with van der Waals surface area (Å²) in [7, 11) is -1.63. The molecule has 0 spiro atoms. The van der Waals surface area contributed by atoms with Crippen molar-refractivity contribution < 1.29 is 4.43 Å². The van der Waals surface area contributed by atoms with E-state index in [-0.39, 0.29) is 0 Å². The summed E-state index contributed by atoms with van der Waals surface area (Å²) in [5.41, 5.74) is 1.29. The molecule has 2 heteroatoms. The summed E-state index contributed by atoms with van der Waals surface area (Å²) in [5, 5.41) is 0. The second-order valence-corrected chi connectivity index (χ2v) is 10.4. The number of hydrogen-bond acceptors (Lipinski definition) is 1. The molecule has 0 heterocycles. The molecule has 0 N–H and O–H groups in total. The Morgan fingerprint density at radius 1 is 0.810 bits per heavy atom. The molecular formula is C19H34OSi. The first-order valence-electron chi connectivity index (χ1n) is 8.92. The van der Waals surface area contributed by atoms with Crippen LogP contribution >= 0.6 is 0 Å².